The Kier molecular flexibility index (Phi) is 14.0. The summed E-state index contributed by atoms with van der Waals surface area (Å²) >= 11 is 0. The lowest BCUT2D eigenvalue weighted by molar-refractivity contribution is 0.302. The van der Waals surface area contributed by atoms with Crippen molar-refractivity contribution in [1.82, 2.24) is 4.57 Å². The van der Waals surface area contributed by atoms with Crippen molar-refractivity contribution in [1.29, 1.82) is 0 Å². The highest BCUT2D eigenvalue weighted by atomic mass is 16.5. The summed E-state index contributed by atoms with van der Waals surface area (Å²) in [5, 5.41) is 0.835. The lowest BCUT2D eigenvalue weighted by atomic mass is 10.1. The molecule has 0 atom stereocenters. The van der Waals surface area contributed by atoms with Crippen LogP contribution in [0.5, 0.6) is 17.2 Å². The summed E-state index contributed by atoms with van der Waals surface area (Å²) < 4.78 is 20.3. The first-order valence-corrected chi connectivity index (χ1v) is 15.5. The van der Waals surface area contributed by atoms with E-state index in [-0.39, 0.29) is 17.9 Å². The molecule has 3 aromatic rings. The molecule has 5 nitrogen and oxygen atoms in total. The Morgan fingerprint density at radius 3 is 2.33 bits per heavy atom. The van der Waals surface area contributed by atoms with Gasteiger partial charge in [-0.15, -0.1) is 0 Å². The second-order valence-electron chi connectivity index (χ2n) is 11.1. The molecule has 0 amide bonds. The van der Waals surface area contributed by atoms with Gasteiger partial charge in [0.15, 0.2) is 5.75 Å². The van der Waals surface area contributed by atoms with Crippen LogP contribution >= 0.6 is 0 Å². The molecule has 0 unspecified atom stereocenters. The summed E-state index contributed by atoms with van der Waals surface area (Å²) in [4.78, 5) is 13.9. The number of pyridine rings is 1. The maximum absolute atomic E-state index is 13.9. The lowest BCUT2D eigenvalue weighted by Gasteiger charge is -2.19. The van der Waals surface area contributed by atoms with Gasteiger partial charge in [-0.25, -0.2) is 0 Å². The molecule has 1 aromatic heterocycles. The zero-order valence-corrected chi connectivity index (χ0v) is 26.1. The van der Waals surface area contributed by atoms with Gasteiger partial charge in [-0.2, -0.15) is 0 Å². The topological polar surface area (TPSA) is 49.7 Å². The standard InChI is InChI=1S/C37H49NO4/c1-6-8-9-10-11-15-24-38-34-27-32(42-28-31-19-13-12-14-20-31)21-22-33(34)35(36(37(38)39)40-25-7-2)41-26-23-30(5)18-16-17-29(3)4/h7,12-14,17,19-23,27H,2,6,8-11,15-16,18,24-26,28H2,1,3-5H3/b30-23+. The Hall–Kier alpha value is -3.73. The van der Waals surface area contributed by atoms with Crippen LogP contribution in [-0.4, -0.2) is 17.8 Å². The van der Waals surface area contributed by atoms with E-state index in [1.165, 1.54) is 36.8 Å². The fourth-order valence-corrected chi connectivity index (χ4v) is 4.85. The molecule has 0 aliphatic heterocycles. The summed E-state index contributed by atoms with van der Waals surface area (Å²) in [6.07, 6.45) is 14.8. The van der Waals surface area contributed by atoms with Crippen LogP contribution in [0.3, 0.4) is 0 Å². The number of unbranched alkanes of at least 4 members (excludes halogenated alkanes) is 5. The number of nitrogens with zero attached hydrogens (tertiary/aromatic N) is 1. The third-order valence-electron chi connectivity index (χ3n) is 7.23. The minimum atomic E-state index is -0.183. The number of hydrogen-bond acceptors (Lipinski definition) is 4. The van der Waals surface area contributed by atoms with Gasteiger partial charge in [0.25, 0.3) is 5.56 Å². The van der Waals surface area contributed by atoms with Crippen molar-refractivity contribution in [2.75, 3.05) is 13.2 Å². The van der Waals surface area contributed by atoms with Crippen molar-refractivity contribution in [2.24, 2.45) is 0 Å². The maximum atomic E-state index is 13.9. The number of fused-ring (bicyclic) bond motifs is 1. The van der Waals surface area contributed by atoms with Crippen LogP contribution < -0.4 is 19.8 Å². The molecule has 0 aliphatic rings. The van der Waals surface area contributed by atoms with E-state index in [0.29, 0.717) is 31.3 Å². The van der Waals surface area contributed by atoms with Gasteiger partial charge in [0.1, 0.15) is 25.6 Å². The summed E-state index contributed by atoms with van der Waals surface area (Å²) in [5.74, 6) is 1.42. The normalized spacial score (nSPS) is 11.4. The van der Waals surface area contributed by atoms with Crippen molar-refractivity contribution in [3.8, 4) is 17.2 Å². The number of aryl methyl sites for hydroxylation is 1. The van der Waals surface area contributed by atoms with Gasteiger partial charge in [0.2, 0.25) is 5.75 Å². The van der Waals surface area contributed by atoms with Gasteiger partial charge >= 0.3 is 0 Å². The molecular formula is C37H49NO4. The predicted molar refractivity (Wildman–Crippen MR) is 176 cm³/mol. The Bertz CT molecular complexity index is 1380. The van der Waals surface area contributed by atoms with Gasteiger partial charge in [0.05, 0.1) is 5.52 Å². The molecule has 0 saturated heterocycles. The molecule has 1 heterocycles. The number of allylic oxidation sites excluding steroid dienone is 3. The van der Waals surface area contributed by atoms with Crippen LogP contribution in [0, 0.1) is 0 Å². The van der Waals surface area contributed by atoms with Crippen LogP contribution in [0.1, 0.15) is 84.6 Å². The van der Waals surface area contributed by atoms with E-state index in [0.717, 1.165) is 42.1 Å². The molecule has 42 heavy (non-hydrogen) atoms. The minimum absolute atomic E-state index is 0.183. The minimum Gasteiger partial charge on any atom is -0.489 e. The number of benzene rings is 2. The van der Waals surface area contributed by atoms with Crippen LogP contribution in [0.4, 0.5) is 0 Å². The highest BCUT2D eigenvalue weighted by molar-refractivity contribution is 5.89. The number of ether oxygens (including phenoxy) is 3. The van der Waals surface area contributed by atoms with E-state index in [4.69, 9.17) is 14.2 Å². The molecule has 0 N–H and O–H groups in total. The number of rotatable bonds is 19. The van der Waals surface area contributed by atoms with Crippen LogP contribution in [0.25, 0.3) is 10.9 Å². The molecule has 3 rings (SSSR count). The van der Waals surface area contributed by atoms with Crippen molar-refractivity contribution >= 4 is 10.9 Å². The first kappa shape index (κ1) is 32.8. The zero-order chi connectivity index (χ0) is 30.2. The Balaban J connectivity index is 1.95. The Labute approximate surface area is 252 Å². The first-order chi connectivity index (χ1) is 20.4. The van der Waals surface area contributed by atoms with Gasteiger partial charge in [-0.3, -0.25) is 4.79 Å². The average Bonchev–Trinajstić information content (AvgIpc) is 2.99. The molecule has 0 saturated carbocycles. The second kappa shape index (κ2) is 17.9. The molecule has 2 aromatic carbocycles. The van der Waals surface area contributed by atoms with E-state index in [1.807, 2.05) is 53.1 Å². The molecule has 5 heteroatoms. The third-order valence-corrected chi connectivity index (χ3v) is 7.23. The zero-order valence-electron chi connectivity index (χ0n) is 26.1. The fraction of sp³-hybridized carbons (Fsp3) is 0.432. The molecule has 0 aliphatic carbocycles. The highest BCUT2D eigenvalue weighted by Crippen LogP contribution is 2.35. The Morgan fingerprint density at radius 1 is 0.857 bits per heavy atom. The highest BCUT2D eigenvalue weighted by Gasteiger charge is 2.20. The fourth-order valence-electron chi connectivity index (χ4n) is 4.85. The van der Waals surface area contributed by atoms with Crippen LogP contribution in [0.15, 0.2) is 89.3 Å². The molecular weight excluding hydrogens is 522 g/mol. The van der Waals surface area contributed by atoms with Gasteiger partial charge in [-0.05, 0) is 63.8 Å². The largest absolute Gasteiger partial charge is 0.489 e. The van der Waals surface area contributed by atoms with E-state index in [2.05, 4.69) is 46.4 Å². The van der Waals surface area contributed by atoms with Crippen molar-refractivity contribution < 1.29 is 14.2 Å². The van der Waals surface area contributed by atoms with Crippen molar-refractivity contribution in [2.45, 2.75) is 92.2 Å². The van der Waals surface area contributed by atoms with E-state index in [9.17, 15) is 4.79 Å². The Morgan fingerprint density at radius 2 is 1.60 bits per heavy atom. The number of hydrogen-bond donors (Lipinski definition) is 0. The average molecular weight is 572 g/mol. The van der Waals surface area contributed by atoms with E-state index >= 15 is 0 Å². The molecule has 0 spiro atoms. The van der Waals surface area contributed by atoms with Crippen LogP contribution in [-0.2, 0) is 13.2 Å². The second-order valence-corrected chi connectivity index (χ2v) is 11.1. The number of aromatic nitrogens is 1. The van der Waals surface area contributed by atoms with Gasteiger partial charge in [-0.1, -0.05) is 99.2 Å². The maximum Gasteiger partial charge on any atom is 0.297 e. The summed E-state index contributed by atoms with van der Waals surface area (Å²) in [6, 6.07) is 16.0. The van der Waals surface area contributed by atoms with Gasteiger partial charge < -0.3 is 18.8 Å². The summed E-state index contributed by atoms with van der Waals surface area (Å²) in [6.45, 7) is 14.0. The van der Waals surface area contributed by atoms with Gasteiger partial charge in [0, 0.05) is 18.0 Å². The smallest absolute Gasteiger partial charge is 0.297 e. The third kappa shape index (κ3) is 10.3. The molecule has 0 fully saturated rings. The SMILES string of the molecule is C=CCOc1c(OC/C=C(\C)CCC=C(C)C)c2ccc(OCc3ccccc3)cc2n(CCCCCCCC)c1=O. The molecule has 226 valence electrons. The summed E-state index contributed by atoms with van der Waals surface area (Å²) in [7, 11) is 0. The van der Waals surface area contributed by atoms with E-state index in [1.54, 1.807) is 6.08 Å². The summed E-state index contributed by atoms with van der Waals surface area (Å²) in [5.41, 5.74) is 4.27. The first-order valence-electron chi connectivity index (χ1n) is 15.5. The predicted octanol–water partition coefficient (Wildman–Crippen LogP) is 9.58. The lowest BCUT2D eigenvalue weighted by Crippen LogP contribution is -2.24. The van der Waals surface area contributed by atoms with Crippen LogP contribution in [0.2, 0.25) is 0 Å². The van der Waals surface area contributed by atoms with Crippen molar-refractivity contribution in [3.63, 3.8) is 0 Å². The van der Waals surface area contributed by atoms with Crippen molar-refractivity contribution in [3.05, 3.63) is 100 Å². The molecule has 0 radical (unpaired) electrons. The van der Waals surface area contributed by atoms with E-state index < -0.39 is 0 Å². The molecule has 0 bridgehead atoms. The monoisotopic (exact) mass is 571 g/mol. The quantitative estimate of drug-likeness (QED) is 0.106.